The van der Waals surface area contributed by atoms with E-state index in [1.54, 1.807) is 0 Å². The van der Waals surface area contributed by atoms with Crippen molar-refractivity contribution in [2.24, 2.45) is 11.7 Å². The monoisotopic (exact) mass is 372 g/mol. The molecule has 23 heavy (non-hydrogen) atoms. The summed E-state index contributed by atoms with van der Waals surface area (Å²) in [6, 6.07) is 16.1. The fourth-order valence-corrected chi connectivity index (χ4v) is 3.73. The van der Waals surface area contributed by atoms with Crippen molar-refractivity contribution in [3.05, 3.63) is 69.7 Å². The number of rotatable bonds is 3. The summed E-state index contributed by atoms with van der Waals surface area (Å²) >= 11 is 3.51. The molecule has 1 heterocycles. The number of hydrogen-bond acceptors (Lipinski definition) is 2. The van der Waals surface area contributed by atoms with E-state index in [4.69, 9.17) is 5.73 Å². The van der Waals surface area contributed by atoms with Gasteiger partial charge in [0.1, 0.15) is 0 Å². The van der Waals surface area contributed by atoms with Crippen LogP contribution in [0.5, 0.6) is 0 Å². The molecule has 0 bridgehead atoms. The predicted octanol–water partition coefficient (Wildman–Crippen LogP) is 3.57. The molecule has 2 atom stereocenters. The number of carbonyl (C=O) groups excluding carboxylic acids is 1. The Labute approximate surface area is 145 Å². The van der Waals surface area contributed by atoms with Gasteiger partial charge in [0, 0.05) is 29.0 Å². The van der Waals surface area contributed by atoms with Crippen LogP contribution in [0, 0.1) is 12.8 Å². The molecule has 0 saturated carbocycles. The number of hydrogen-bond donors (Lipinski definition) is 1. The topological polar surface area (TPSA) is 46.3 Å². The maximum absolute atomic E-state index is 12.9. The second-order valence-electron chi connectivity index (χ2n) is 6.14. The molecule has 1 aliphatic heterocycles. The largest absolute Gasteiger partial charge is 0.338 e. The fourth-order valence-electron chi connectivity index (χ4n) is 3.36. The smallest absolute Gasteiger partial charge is 0.254 e. The number of nitrogens with two attached hydrogens (primary N) is 1. The Bertz CT molecular complexity index is 702. The summed E-state index contributed by atoms with van der Waals surface area (Å²) in [5.41, 5.74) is 9.00. The molecule has 0 unspecified atom stereocenters. The van der Waals surface area contributed by atoms with E-state index in [9.17, 15) is 4.79 Å². The molecule has 0 aliphatic carbocycles. The Balaban J connectivity index is 1.85. The molecule has 1 amide bonds. The van der Waals surface area contributed by atoms with Crippen molar-refractivity contribution in [3.8, 4) is 0 Å². The van der Waals surface area contributed by atoms with Crippen LogP contribution in [0.2, 0.25) is 0 Å². The van der Waals surface area contributed by atoms with Gasteiger partial charge in [0.05, 0.1) is 0 Å². The minimum atomic E-state index is 0.0979. The zero-order chi connectivity index (χ0) is 16.4. The Morgan fingerprint density at radius 3 is 2.61 bits per heavy atom. The summed E-state index contributed by atoms with van der Waals surface area (Å²) in [7, 11) is 0. The average molecular weight is 373 g/mol. The highest BCUT2D eigenvalue weighted by Crippen LogP contribution is 2.33. The van der Waals surface area contributed by atoms with Crippen molar-refractivity contribution in [1.29, 1.82) is 0 Å². The minimum Gasteiger partial charge on any atom is -0.338 e. The fraction of sp³-hybridized carbons (Fsp3) is 0.316. The van der Waals surface area contributed by atoms with Crippen molar-refractivity contribution in [1.82, 2.24) is 4.90 Å². The third-order valence-electron chi connectivity index (χ3n) is 4.76. The zero-order valence-corrected chi connectivity index (χ0v) is 14.8. The highest BCUT2D eigenvalue weighted by molar-refractivity contribution is 9.10. The van der Waals surface area contributed by atoms with Crippen molar-refractivity contribution in [3.63, 3.8) is 0 Å². The summed E-state index contributed by atoms with van der Waals surface area (Å²) in [6.45, 7) is 4.03. The molecule has 2 N–H and O–H groups in total. The van der Waals surface area contributed by atoms with Crippen LogP contribution in [0.3, 0.4) is 0 Å². The summed E-state index contributed by atoms with van der Waals surface area (Å²) < 4.78 is 0.970. The van der Waals surface area contributed by atoms with Crippen molar-refractivity contribution < 1.29 is 4.79 Å². The number of likely N-dealkylation sites (tertiary alicyclic amines) is 1. The van der Waals surface area contributed by atoms with Gasteiger partial charge in [-0.25, -0.2) is 0 Å². The van der Waals surface area contributed by atoms with Gasteiger partial charge in [0.15, 0.2) is 0 Å². The second-order valence-corrected chi connectivity index (χ2v) is 6.99. The molecule has 4 heteroatoms. The molecule has 2 aromatic carbocycles. The van der Waals surface area contributed by atoms with E-state index in [1.165, 1.54) is 5.56 Å². The molecular weight excluding hydrogens is 352 g/mol. The molecule has 2 aromatic rings. The van der Waals surface area contributed by atoms with Gasteiger partial charge in [-0.3, -0.25) is 4.79 Å². The Hall–Kier alpha value is -1.65. The summed E-state index contributed by atoms with van der Waals surface area (Å²) in [4.78, 5) is 14.9. The lowest BCUT2D eigenvalue weighted by Crippen LogP contribution is -2.30. The lowest BCUT2D eigenvalue weighted by molar-refractivity contribution is 0.0785. The van der Waals surface area contributed by atoms with Crippen molar-refractivity contribution >= 4 is 21.8 Å². The molecule has 0 aromatic heterocycles. The Kier molecular flexibility index (Phi) is 4.83. The molecule has 1 saturated heterocycles. The summed E-state index contributed by atoms with van der Waals surface area (Å²) in [5.74, 6) is 0.729. The van der Waals surface area contributed by atoms with Crippen LogP contribution >= 0.6 is 15.9 Å². The summed E-state index contributed by atoms with van der Waals surface area (Å²) in [6.07, 6.45) is 0. The van der Waals surface area contributed by atoms with Crippen LogP contribution in [-0.2, 0) is 0 Å². The highest BCUT2D eigenvalue weighted by atomic mass is 79.9. The van der Waals surface area contributed by atoms with Gasteiger partial charge in [-0.05, 0) is 42.6 Å². The standard InChI is InChI=1S/C19H21BrN2O/c1-13-16(8-5-9-18(13)20)19(23)22-11-15(10-21)17(12-22)14-6-3-2-4-7-14/h2-9,15,17H,10-12,21H2,1H3/t15-,17+/m1/s1. The van der Waals surface area contributed by atoms with Gasteiger partial charge in [-0.15, -0.1) is 0 Å². The number of halogens is 1. The third kappa shape index (κ3) is 3.19. The normalized spacial score (nSPS) is 20.7. The second kappa shape index (κ2) is 6.85. The Morgan fingerprint density at radius 1 is 1.17 bits per heavy atom. The van der Waals surface area contributed by atoms with Crippen LogP contribution < -0.4 is 5.73 Å². The van der Waals surface area contributed by atoms with E-state index in [1.807, 2.05) is 48.2 Å². The van der Waals surface area contributed by atoms with Crippen LogP contribution in [0.4, 0.5) is 0 Å². The van der Waals surface area contributed by atoms with E-state index in [-0.39, 0.29) is 5.91 Å². The molecule has 3 nitrogen and oxygen atoms in total. The average Bonchev–Trinajstić information content (AvgIpc) is 3.02. The van der Waals surface area contributed by atoms with Gasteiger partial charge < -0.3 is 10.6 Å². The van der Waals surface area contributed by atoms with Gasteiger partial charge in [0.2, 0.25) is 0 Å². The predicted molar refractivity (Wildman–Crippen MR) is 96.5 cm³/mol. The van der Waals surface area contributed by atoms with Crippen LogP contribution in [0.15, 0.2) is 53.0 Å². The van der Waals surface area contributed by atoms with Crippen LogP contribution in [0.25, 0.3) is 0 Å². The number of nitrogens with zero attached hydrogens (tertiary/aromatic N) is 1. The van der Waals surface area contributed by atoms with Crippen LogP contribution in [0.1, 0.15) is 27.4 Å². The Morgan fingerprint density at radius 2 is 1.91 bits per heavy atom. The van der Waals surface area contributed by atoms with Gasteiger partial charge in [-0.1, -0.05) is 52.3 Å². The van der Waals surface area contributed by atoms with Gasteiger partial charge in [0.25, 0.3) is 5.91 Å². The summed E-state index contributed by atoms with van der Waals surface area (Å²) in [5, 5.41) is 0. The maximum Gasteiger partial charge on any atom is 0.254 e. The van der Waals surface area contributed by atoms with Crippen molar-refractivity contribution in [2.45, 2.75) is 12.8 Å². The van der Waals surface area contributed by atoms with Gasteiger partial charge in [-0.2, -0.15) is 0 Å². The first-order valence-electron chi connectivity index (χ1n) is 7.91. The lowest BCUT2D eigenvalue weighted by Gasteiger charge is -2.18. The molecule has 3 rings (SSSR count). The highest BCUT2D eigenvalue weighted by Gasteiger charge is 2.35. The van der Waals surface area contributed by atoms with E-state index < -0.39 is 0 Å². The molecule has 1 fully saturated rings. The quantitative estimate of drug-likeness (QED) is 0.894. The third-order valence-corrected chi connectivity index (χ3v) is 5.62. The lowest BCUT2D eigenvalue weighted by atomic mass is 9.89. The van der Waals surface area contributed by atoms with E-state index >= 15 is 0 Å². The molecule has 0 spiro atoms. The van der Waals surface area contributed by atoms with Crippen LogP contribution in [-0.4, -0.2) is 30.4 Å². The first-order valence-corrected chi connectivity index (χ1v) is 8.70. The zero-order valence-electron chi connectivity index (χ0n) is 13.2. The SMILES string of the molecule is Cc1c(Br)cccc1C(=O)N1C[C@@H](CN)[C@H](c2ccccc2)C1. The van der Waals surface area contributed by atoms with E-state index in [0.29, 0.717) is 18.4 Å². The molecule has 120 valence electrons. The van der Waals surface area contributed by atoms with E-state index in [2.05, 4.69) is 28.1 Å². The number of amides is 1. The first kappa shape index (κ1) is 16.2. The number of carbonyl (C=O) groups is 1. The van der Waals surface area contributed by atoms with E-state index in [0.717, 1.165) is 28.7 Å². The minimum absolute atomic E-state index is 0.0979. The maximum atomic E-state index is 12.9. The first-order chi connectivity index (χ1) is 11.1. The van der Waals surface area contributed by atoms with Gasteiger partial charge >= 0.3 is 0 Å². The van der Waals surface area contributed by atoms with Crippen molar-refractivity contribution in [2.75, 3.05) is 19.6 Å². The number of benzene rings is 2. The molecule has 1 aliphatic rings. The molecular formula is C19H21BrN2O. The molecule has 0 radical (unpaired) electrons.